The zero-order valence-corrected chi connectivity index (χ0v) is 12.7. The predicted molar refractivity (Wildman–Crippen MR) is 46.1 cm³/mol. The first-order valence-corrected chi connectivity index (χ1v) is 4.06. The molecule has 2 heterocycles. The molecule has 13 heavy (non-hydrogen) atoms. The number of nitrogens with one attached hydrogen (secondary N) is 1. The van der Waals surface area contributed by atoms with Crippen LogP contribution in [0.15, 0.2) is 18.3 Å². The van der Waals surface area contributed by atoms with E-state index in [1.54, 1.807) is 18.3 Å². The van der Waals surface area contributed by atoms with Crippen molar-refractivity contribution in [3.8, 4) is 0 Å². The predicted octanol–water partition coefficient (Wildman–Crippen LogP) is -1.11. The van der Waals surface area contributed by atoms with Crippen LogP contribution in [0.25, 0.3) is 16.0 Å². The Morgan fingerprint density at radius 1 is 1.54 bits per heavy atom. The van der Waals surface area contributed by atoms with Crippen LogP contribution in [0, 0.1) is 0 Å². The van der Waals surface area contributed by atoms with Gasteiger partial charge in [-0.05, 0) is 12.1 Å². The van der Waals surface area contributed by atoms with Crippen molar-refractivity contribution in [2.45, 2.75) is 0 Å². The summed E-state index contributed by atoms with van der Waals surface area (Å²) in [7, 11) is 0. The second-order valence-corrected chi connectivity index (χ2v) is 3.26. The molecule has 0 radical (unpaired) electrons. The second kappa shape index (κ2) is 4.70. The van der Waals surface area contributed by atoms with E-state index in [9.17, 15) is 4.79 Å². The van der Waals surface area contributed by atoms with E-state index in [0.29, 0.717) is 9.71 Å². The largest absolute Gasteiger partial charge is 1.00 e. The van der Waals surface area contributed by atoms with Gasteiger partial charge in [0.2, 0.25) is 0 Å². The maximum atomic E-state index is 10.6. The molecule has 2 aromatic rings. The molecule has 0 fully saturated rings. The number of hydrogen-bond donors (Lipinski definition) is 0. The number of hydrogen-bond acceptors (Lipinski definition) is 4. The minimum absolute atomic E-state index is 0. The van der Waals surface area contributed by atoms with Crippen LogP contribution in [0.3, 0.4) is 0 Å². The molecule has 2 rings (SSSR count). The second-order valence-electron chi connectivity index (χ2n) is 2.23. The summed E-state index contributed by atoms with van der Waals surface area (Å²) in [5.41, 5.74) is 6.87. The van der Waals surface area contributed by atoms with Crippen molar-refractivity contribution < 1.29 is 63.0 Å². The van der Waals surface area contributed by atoms with Gasteiger partial charge in [-0.1, -0.05) is 0 Å². The summed E-state index contributed by atoms with van der Waals surface area (Å²) in [6, 6.07) is 3.43. The quantitative estimate of drug-likeness (QED) is 0.655. The minimum Gasteiger partial charge on any atom is -0.663 e. The van der Waals surface area contributed by atoms with Crippen molar-refractivity contribution >= 4 is 27.5 Å². The number of aromatic nitrogens is 2. The molecule has 0 aliphatic carbocycles. The van der Waals surface area contributed by atoms with Crippen molar-refractivity contribution in [3.05, 3.63) is 28.9 Å². The van der Waals surface area contributed by atoms with E-state index < -0.39 is 5.91 Å². The number of carbonyl (C=O) groups excluding carboxylic acids is 1. The van der Waals surface area contributed by atoms with Crippen LogP contribution in [-0.2, 0) is 0 Å². The fraction of sp³-hybridized carbons (Fsp3) is 0. The van der Waals surface area contributed by atoms with E-state index in [0.717, 1.165) is 5.39 Å². The standard InChI is InChI=1S/C7H5N3OS.Rb/c8-6(11)5-3-4-1-2-9-10-7(4)12-5;/h1-3H,(H2,8,11);/q;+1/p-1. The molecule has 0 aliphatic rings. The summed E-state index contributed by atoms with van der Waals surface area (Å²) in [6.45, 7) is 0. The first-order chi connectivity index (χ1) is 5.77. The molecule has 0 aromatic carbocycles. The van der Waals surface area contributed by atoms with Gasteiger partial charge >= 0.3 is 58.2 Å². The Kier molecular flexibility index (Phi) is 4.12. The molecule has 0 unspecified atom stereocenters. The molecule has 0 saturated carbocycles. The van der Waals surface area contributed by atoms with Gasteiger partial charge in [-0.25, -0.2) is 0 Å². The summed E-state index contributed by atoms with van der Waals surface area (Å²) in [5.74, 6) is -0.669. The van der Waals surface area contributed by atoms with E-state index >= 15 is 0 Å². The van der Waals surface area contributed by atoms with Gasteiger partial charge in [0, 0.05) is 5.39 Å². The van der Waals surface area contributed by atoms with Gasteiger partial charge in [0.25, 0.3) is 0 Å². The molecular weight excluding hydrogens is 260 g/mol. The normalized spacial score (nSPS) is 9.54. The molecular formula is C7H4N3ORbS. The van der Waals surface area contributed by atoms with Gasteiger partial charge in [-0.2, -0.15) is 5.10 Å². The Labute approximate surface area is 127 Å². The summed E-state index contributed by atoms with van der Waals surface area (Å²) in [4.78, 5) is 11.8. The van der Waals surface area contributed by atoms with Crippen molar-refractivity contribution in [2.24, 2.45) is 0 Å². The Morgan fingerprint density at radius 3 is 2.92 bits per heavy atom. The van der Waals surface area contributed by atoms with E-state index in [4.69, 9.17) is 5.73 Å². The van der Waals surface area contributed by atoms with Crippen LogP contribution in [0.5, 0.6) is 0 Å². The molecule has 0 saturated heterocycles. The average molecular weight is 264 g/mol. The van der Waals surface area contributed by atoms with E-state index in [-0.39, 0.29) is 58.2 Å². The van der Waals surface area contributed by atoms with E-state index in [2.05, 4.69) is 10.2 Å². The van der Waals surface area contributed by atoms with Gasteiger partial charge in [0.15, 0.2) is 0 Å². The van der Waals surface area contributed by atoms with Crippen LogP contribution in [0.4, 0.5) is 0 Å². The SMILES string of the molecule is [NH-]C(=O)c1cc2ccnnc2s1.[Rb+]. The molecule has 2 aromatic heterocycles. The molecule has 0 aliphatic heterocycles. The van der Waals surface area contributed by atoms with Crippen molar-refractivity contribution in [1.82, 2.24) is 10.2 Å². The summed E-state index contributed by atoms with van der Waals surface area (Å²) >= 11 is 1.19. The number of amides is 1. The fourth-order valence-electron chi connectivity index (χ4n) is 0.904. The first kappa shape index (κ1) is 11.4. The summed E-state index contributed by atoms with van der Waals surface area (Å²) in [6.07, 6.45) is 1.56. The Morgan fingerprint density at radius 2 is 2.31 bits per heavy atom. The van der Waals surface area contributed by atoms with E-state index in [1.807, 2.05) is 0 Å². The van der Waals surface area contributed by atoms with Crippen LogP contribution in [0.1, 0.15) is 9.67 Å². The topological polar surface area (TPSA) is 66.7 Å². The minimum atomic E-state index is -0.669. The molecule has 4 nitrogen and oxygen atoms in total. The number of nitrogens with zero attached hydrogens (tertiary/aromatic N) is 2. The number of rotatable bonds is 1. The van der Waals surface area contributed by atoms with Gasteiger partial charge in [0.1, 0.15) is 4.83 Å². The monoisotopic (exact) mass is 263 g/mol. The van der Waals surface area contributed by atoms with Crippen molar-refractivity contribution in [2.75, 3.05) is 0 Å². The Bertz CT molecular complexity index is 409. The maximum absolute atomic E-state index is 10.6. The third-order valence-electron chi connectivity index (χ3n) is 1.43. The average Bonchev–Trinajstić information content (AvgIpc) is 2.46. The van der Waals surface area contributed by atoms with Crippen LogP contribution >= 0.6 is 11.3 Å². The summed E-state index contributed by atoms with van der Waals surface area (Å²) in [5, 5.41) is 8.36. The molecule has 0 spiro atoms. The third kappa shape index (κ3) is 2.41. The third-order valence-corrected chi connectivity index (χ3v) is 2.47. The van der Waals surface area contributed by atoms with Gasteiger partial charge in [-0.3, -0.25) is 0 Å². The zero-order chi connectivity index (χ0) is 8.55. The molecule has 0 atom stereocenters. The van der Waals surface area contributed by atoms with Crippen LogP contribution in [0.2, 0.25) is 0 Å². The van der Waals surface area contributed by atoms with Gasteiger partial charge in [0.05, 0.1) is 17.0 Å². The van der Waals surface area contributed by atoms with Crippen LogP contribution in [-0.4, -0.2) is 16.1 Å². The number of fused-ring (bicyclic) bond motifs is 1. The summed E-state index contributed by atoms with van der Waals surface area (Å²) < 4.78 is 0. The van der Waals surface area contributed by atoms with E-state index in [1.165, 1.54) is 11.3 Å². The molecule has 0 bridgehead atoms. The van der Waals surface area contributed by atoms with Crippen molar-refractivity contribution in [3.63, 3.8) is 0 Å². The fourth-order valence-corrected chi connectivity index (χ4v) is 1.72. The Balaban J connectivity index is 0.000000845. The number of thiophene rings is 1. The first-order valence-electron chi connectivity index (χ1n) is 3.24. The zero-order valence-electron chi connectivity index (χ0n) is 6.94. The van der Waals surface area contributed by atoms with Gasteiger partial charge < -0.3 is 10.5 Å². The Hall–Kier alpha value is 0.315. The smallest absolute Gasteiger partial charge is 0.663 e. The molecule has 60 valence electrons. The van der Waals surface area contributed by atoms with Crippen LogP contribution < -0.4 is 58.2 Å². The maximum Gasteiger partial charge on any atom is 1.00 e. The van der Waals surface area contributed by atoms with Crippen molar-refractivity contribution in [1.29, 1.82) is 0 Å². The number of carbonyl (C=O) groups is 1. The molecule has 6 heteroatoms. The van der Waals surface area contributed by atoms with Gasteiger partial charge in [-0.15, -0.1) is 16.4 Å². The molecule has 1 N–H and O–H groups in total. The molecule has 1 amide bonds.